The molecule has 1 fully saturated rings. The zero-order chi connectivity index (χ0) is 21.6. The van der Waals surface area contributed by atoms with Crippen LogP contribution >= 0.6 is 0 Å². The molecule has 0 spiro atoms. The van der Waals surface area contributed by atoms with Crippen molar-refractivity contribution >= 4 is 11.7 Å². The number of benzene rings is 2. The fourth-order valence-electron chi connectivity index (χ4n) is 3.85. The molecule has 3 aromatic rings. The average molecular weight is 417 g/mol. The van der Waals surface area contributed by atoms with Gasteiger partial charge in [-0.3, -0.25) is 4.79 Å². The molecule has 0 radical (unpaired) electrons. The van der Waals surface area contributed by atoms with Crippen molar-refractivity contribution < 1.29 is 9.53 Å². The Bertz CT molecular complexity index is 1000. The summed E-state index contributed by atoms with van der Waals surface area (Å²) in [6.45, 7) is 4.17. The molecule has 0 aliphatic carbocycles. The molecular weight excluding hydrogens is 388 g/mol. The van der Waals surface area contributed by atoms with Crippen molar-refractivity contribution in [3.63, 3.8) is 0 Å². The third-order valence-electron chi connectivity index (χ3n) is 5.74. The molecule has 1 saturated heterocycles. The Morgan fingerprint density at radius 1 is 1.06 bits per heavy atom. The summed E-state index contributed by atoms with van der Waals surface area (Å²) < 4.78 is 5.20. The van der Waals surface area contributed by atoms with Crippen molar-refractivity contribution in [2.24, 2.45) is 5.92 Å². The zero-order valence-electron chi connectivity index (χ0n) is 18.0. The van der Waals surface area contributed by atoms with Crippen LogP contribution in [0, 0.1) is 12.8 Å². The number of nitrogens with one attached hydrogen (secondary N) is 1. The van der Waals surface area contributed by atoms with Gasteiger partial charge in [0.05, 0.1) is 18.7 Å². The fourth-order valence-corrected chi connectivity index (χ4v) is 3.85. The summed E-state index contributed by atoms with van der Waals surface area (Å²) in [5, 5.41) is 11.9. The standard InChI is InChI=1S/C25H28N4O2/c1-18-5-7-19(8-6-18)16-26-25(30)21-4-3-15-29(17-21)24-14-13-23(27-28-24)20-9-11-22(31-2)12-10-20/h5-14,21H,3-4,15-17H2,1-2H3,(H,26,30). The normalized spacial score (nSPS) is 16.1. The SMILES string of the molecule is COc1ccc(-c2ccc(N3CCCC(C(=O)NCc4ccc(C)cc4)C3)nn2)cc1. The number of piperidine rings is 1. The van der Waals surface area contributed by atoms with Crippen LogP contribution in [0.2, 0.25) is 0 Å². The van der Waals surface area contributed by atoms with Gasteiger partial charge in [0.1, 0.15) is 5.75 Å². The van der Waals surface area contributed by atoms with Crippen LogP contribution in [0.25, 0.3) is 11.3 Å². The van der Waals surface area contributed by atoms with E-state index in [9.17, 15) is 4.79 Å². The lowest BCUT2D eigenvalue weighted by Crippen LogP contribution is -2.43. The van der Waals surface area contributed by atoms with Gasteiger partial charge in [-0.25, -0.2) is 0 Å². The lowest BCUT2D eigenvalue weighted by atomic mass is 9.97. The number of aryl methyl sites for hydroxylation is 1. The van der Waals surface area contributed by atoms with Crippen molar-refractivity contribution in [3.05, 3.63) is 71.8 Å². The molecule has 0 saturated carbocycles. The number of carbonyl (C=O) groups excluding carboxylic acids is 1. The largest absolute Gasteiger partial charge is 0.497 e. The van der Waals surface area contributed by atoms with E-state index in [2.05, 4.69) is 51.6 Å². The highest BCUT2D eigenvalue weighted by molar-refractivity contribution is 5.79. The number of hydrogen-bond acceptors (Lipinski definition) is 5. The molecule has 31 heavy (non-hydrogen) atoms. The van der Waals surface area contributed by atoms with Gasteiger partial charge in [0.15, 0.2) is 5.82 Å². The van der Waals surface area contributed by atoms with E-state index in [4.69, 9.17) is 4.74 Å². The predicted octanol–water partition coefficient (Wildman–Crippen LogP) is 3.99. The molecule has 4 rings (SSSR count). The second-order valence-corrected chi connectivity index (χ2v) is 7.99. The Labute approximate surface area is 183 Å². The maximum Gasteiger partial charge on any atom is 0.225 e. The minimum absolute atomic E-state index is 0.0396. The first-order chi connectivity index (χ1) is 15.1. The minimum atomic E-state index is -0.0396. The predicted molar refractivity (Wildman–Crippen MR) is 122 cm³/mol. The third kappa shape index (κ3) is 5.20. The minimum Gasteiger partial charge on any atom is -0.497 e. The van der Waals surface area contributed by atoms with Crippen LogP contribution in [0.5, 0.6) is 5.75 Å². The molecule has 1 atom stereocenters. The van der Waals surface area contributed by atoms with Gasteiger partial charge in [-0.05, 0) is 61.7 Å². The van der Waals surface area contributed by atoms with Gasteiger partial charge >= 0.3 is 0 Å². The van der Waals surface area contributed by atoms with Crippen molar-refractivity contribution in [1.29, 1.82) is 0 Å². The van der Waals surface area contributed by atoms with Crippen LogP contribution in [-0.2, 0) is 11.3 Å². The summed E-state index contributed by atoms with van der Waals surface area (Å²) in [6, 6.07) is 20.0. The van der Waals surface area contributed by atoms with E-state index >= 15 is 0 Å². The molecule has 1 aliphatic rings. The number of amides is 1. The third-order valence-corrected chi connectivity index (χ3v) is 5.74. The topological polar surface area (TPSA) is 67.3 Å². The Balaban J connectivity index is 1.36. The molecule has 160 valence electrons. The van der Waals surface area contributed by atoms with Gasteiger partial charge in [-0.15, -0.1) is 10.2 Å². The van der Waals surface area contributed by atoms with E-state index in [0.717, 1.165) is 47.8 Å². The van der Waals surface area contributed by atoms with Crippen molar-refractivity contribution in [2.75, 3.05) is 25.1 Å². The summed E-state index contributed by atoms with van der Waals surface area (Å²) in [5.74, 6) is 1.69. The van der Waals surface area contributed by atoms with Gasteiger partial charge in [-0.1, -0.05) is 29.8 Å². The summed E-state index contributed by atoms with van der Waals surface area (Å²) >= 11 is 0. The molecule has 1 N–H and O–H groups in total. The highest BCUT2D eigenvalue weighted by Crippen LogP contribution is 2.24. The number of hydrogen-bond donors (Lipinski definition) is 1. The molecule has 1 aromatic heterocycles. The first-order valence-corrected chi connectivity index (χ1v) is 10.7. The van der Waals surface area contributed by atoms with Crippen molar-refractivity contribution in [3.8, 4) is 17.0 Å². The zero-order valence-corrected chi connectivity index (χ0v) is 18.0. The van der Waals surface area contributed by atoms with E-state index in [0.29, 0.717) is 13.1 Å². The van der Waals surface area contributed by atoms with Crippen LogP contribution in [0.1, 0.15) is 24.0 Å². The van der Waals surface area contributed by atoms with Crippen molar-refractivity contribution in [1.82, 2.24) is 15.5 Å². The van der Waals surface area contributed by atoms with E-state index in [1.165, 1.54) is 5.56 Å². The smallest absolute Gasteiger partial charge is 0.225 e. The number of methoxy groups -OCH3 is 1. The van der Waals surface area contributed by atoms with Gasteiger partial charge in [0.2, 0.25) is 5.91 Å². The molecule has 0 bridgehead atoms. The van der Waals surface area contributed by atoms with E-state index < -0.39 is 0 Å². The first-order valence-electron chi connectivity index (χ1n) is 10.7. The molecule has 2 aromatic carbocycles. The van der Waals surface area contributed by atoms with Crippen LogP contribution < -0.4 is 15.0 Å². The first kappa shape index (κ1) is 20.8. The molecule has 6 heteroatoms. The van der Waals surface area contributed by atoms with Crippen LogP contribution in [0.15, 0.2) is 60.7 Å². The molecule has 1 amide bonds. The van der Waals surface area contributed by atoms with Gasteiger partial charge < -0.3 is 15.0 Å². The second-order valence-electron chi connectivity index (χ2n) is 7.99. The van der Waals surface area contributed by atoms with Crippen LogP contribution in [-0.4, -0.2) is 36.3 Å². The molecule has 6 nitrogen and oxygen atoms in total. The number of aromatic nitrogens is 2. The highest BCUT2D eigenvalue weighted by Gasteiger charge is 2.26. The summed E-state index contributed by atoms with van der Waals surface area (Å²) in [4.78, 5) is 14.9. The fraction of sp³-hybridized carbons (Fsp3) is 0.320. The molecular formula is C25H28N4O2. The second kappa shape index (κ2) is 9.60. The molecule has 1 unspecified atom stereocenters. The van der Waals surface area contributed by atoms with Gasteiger partial charge in [-0.2, -0.15) is 0 Å². The summed E-state index contributed by atoms with van der Waals surface area (Å²) in [5.41, 5.74) is 4.14. The lowest BCUT2D eigenvalue weighted by Gasteiger charge is -2.32. The van der Waals surface area contributed by atoms with E-state index in [1.54, 1.807) is 7.11 Å². The summed E-state index contributed by atoms with van der Waals surface area (Å²) in [7, 11) is 1.65. The Morgan fingerprint density at radius 2 is 1.84 bits per heavy atom. The highest BCUT2D eigenvalue weighted by atomic mass is 16.5. The molecule has 2 heterocycles. The van der Waals surface area contributed by atoms with Gasteiger partial charge in [0.25, 0.3) is 0 Å². The monoisotopic (exact) mass is 416 g/mol. The lowest BCUT2D eigenvalue weighted by molar-refractivity contribution is -0.125. The van der Waals surface area contributed by atoms with Crippen molar-refractivity contribution in [2.45, 2.75) is 26.3 Å². The number of rotatable bonds is 6. The number of carbonyl (C=O) groups is 1. The van der Waals surface area contributed by atoms with Crippen LogP contribution in [0.4, 0.5) is 5.82 Å². The Morgan fingerprint density at radius 3 is 2.52 bits per heavy atom. The quantitative estimate of drug-likeness (QED) is 0.658. The number of nitrogens with zero attached hydrogens (tertiary/aromatic N) is 3. The Hall–Kier alpha value is -3.41. The Kier molecular flexibility index (Phi) is 6.46. The number of anilines is 1. The van der Waals surface area contributed by atoms with E-state index in [1.807, 2.05) is 36.4 Å². The summed E-state index contributed by atoms with van der Waals surface area (Å²) in [6.07, 6.45) is 1.86. The number of ether oxygens (including phenoxy) is 1. The van der Waals surface area contributed by atoms with Crippen LogP contribution in [0.3, 0.4) is 0 Å². The molecule has 1 aliphatic heterocycles. The van der Waals surface area contributed by atoms with Gasteiger partial charge in [0, 0.05) is 25.2 Å². The average Bonchev–Trinajstić information content (AvgIpc) is 2.84. The maximum atomic E-state index is 12.7. The maximum absolute atomic E-state index is 12.7. The van der Waals surface area contributed by atoms with E-state index in [-0.39, 0.29) is 11.8 Å².